The van der Waals surface area contributed by atoms with Crippen molar-refractivity contribution in [2.75, 3.05) is 11.3 Å². The molecule has 0 saturated carbocycles. The number of hydrogen-bond donors (Lipinski definition) is 1. The molecule has 1 heterocycles. The van der Waals surface area contributed by atoms with Crippen molar-refractivity contribution in [1.82, 2.24) is 0 Å². The van der Waals surface area contributed by atoms with Gasteiger partial charge in [0.25, 0.3) is 5.91 Å². The minimum Gasteiger partial charge on any atom is -0.385 e. The zero-order valence-electron chi connectivity index (χ0n) is 9.12. The predicted octanol–water partition coefficient (Wildman–Crippen LogP) is 0.0990. The Morgan fingerprint density at radius 1 is 1.29 bits per heavy atom. The second-order valence-corrected chi connectivity index (χ2v) is 5.76. The van der Waals surface area contributed by atoms with E-state index in [0.29, 0.717) is 5.69 Å². The molecule has 0 saturated heterocycles. The maximum atomic E-state index is 11.5. The summed E-state index contributed by atoms with van der Waals surface area (Å²) < 4.78 is 22.5. The number of rotatable bonds is 2. The first kappa shape index (κ1) is 11.6. The van der Waals surface area contributed by atoms with Crippen LogP contribution in [-0.2, 0) is 14.6 Å². The molecular weight excluding hydrogens is 242 g/mol. The van der Waals surface area contributed by atoms with Crippen molar-refractivity contribution in [3.63, 3.8) is 0 Å². The third-order valence-electron chi connectivity index (χ3n) is 2.31. The van der Waals surface area contributed by atoms with Crippen LogP contribution in [0.2, 0.25) is 0 Å². The van der Waals surface area contributed by atoms with Gasteiger partial charge in [0.2, 0.25) is 0 Å². The first-order valence-corrected chi connectivity index (χ1v) is 6.73. The maximum absolute atomic E-state index is 11.5. The van der Waals surface area contributed by atoms with Gasteiger partial charge < -0.3 is 5.73 Å². The smallest absolute Gasteiger partial charge is 0.255 e. The molecule has 0 unspecified atom stereocenters. The van der Waals surface area contributed by atoms with Crippen molar-refractivity contribution in [3.05, 3.63) is 24.3 Å². The van der Waals surface area contributed by atoms with E-state index in [4.69, 9.17) is 5.73 Å². The lowest BCUT2D eigenvalue weighted by Crippen LogP contribution is -2.19. The van der Waals surface area contributed by atoms with Gasteiger partial charge >= 0.3 is 0 Å². The van der Waals surface area contributed by atoms with E-state index in [1.807, 2.05) is 0 Å². The molecule has 0 atom stereocenters. The molecule has 1 aromatic carbocycles. The fourth-order valence-electron chi connectivity index (χ4n) is 1.49. The normalized spacial score (nSPS) is 16.2. The number of carbonyl (C=O) groups excluding carboxylic acids is 1. The van der Waals surface area contributed by atoms with Crippen LogP contribution in [0, 0.1) is 0 Å². The molecule has 0 aliphatic carbocycles. The van der Waals surface area contributed by atoms with E-state index < -0.39 is 9.84 Å². The Kier molecular flexibility index (Phi) is 2.62. The number of anilines is 1. The highest BCUT2D eigenvalue weighted by Crippen LogP contribution is 2.21. The largest absolute Gasteiger partial charge is 0.385 e. The summed E-state index contributed by atoms with van der Waals surface area (Å²) in [6.45, 7) is 0. The molecule has 90 valence electrons. The van der Waals surface area contributed by atoms with Crippen molar-refractivity contribution in [2.45, 2.75) is 11.3 Å². The molecule has 0 aromatic heterocycles. The Bertz CT molecular complexity index is 590. The van der Waals surface area contributed by atoms with Crippen LogP contribution in [0.15, 0.2) is 34.3 Å². The monoisotopic (exact) mass is 253 g/mol. The topological polar surface area (TPSA) is 92.8 Å². The van der Waals surface area contributed by atoms with Crippen molar-refractivity contribution in [2.24, 2.45) is 10.8 Å². The van der Waals surface area contributed by atoms with E-state index in [1.54, 1.807) is 0 Å². The van der Waals surface area contributed by atoms with Crippen LogP contribution in [0.1, 0.15) is 6.42 Å². The summed E-state index contributed by atoms with van der Waals surface area (Å²) in [5, 5.41) is 5.03. The molecular formula is C10H11N3O3S. The standard InChI is InChI=1S/C10H11N3O3S/c1-17(15,16)8-4-2-7(3-5-8)13-10(14)6-9(11)12-13/h2-5H,6H2,1H3,(H2,11,12). The van der Waals surface area contributed by atoms with Gasteiger partial charge in [-0.2, -0.15) is 10.1 Å². The van der Waals surface area contributed by atoms with E-state index in [-0.39, 0.29) is 23.1 Å². The number of benzene rings is 1. The van der Waals surface area contributed by atoms with Gasteiger partial charge in [0.1, 0.15) is 5.84 Å². The number of amidine groups is 1. The number of hydrogen-bond acceptors (Lipinski definition) is 5. The van der Waals surface area contributed by atoms with Crippen LogP contribution in [0.25, 0.3) is 0 Å². The predicted molar refractivity (Wildman–Crippen MR) is 63.3 cm³/mol. The summed E-state index contributed by atoms with van der Waals surface area (Å²) in [6, 6.07) is 5.91. The second kappa shape index (κ2) is 3.85. The summed E-state index contributed by atoms with van der Waals surface area (Å²) >= 11 is 0. The average molecular weight is 253 g/mol. The lowest BCUT2D eigenvalue weighted by atomic mass is 10.3. The number of nitrogens with two attached hydrogens (primary N) is 1. The van der Waals surface area contributed by atoms with Crippen LogP contribution in [0.5, 0.6) is 0 Å². The molecule has 0 spiro atoms. The highest BCUT2D eigenvalue weighted by Gasteiger charge is 2.23. The van der Waals surface area contributed by atoms with E-state index >= 15 is 0 Å². The Morgan fingerprint density at radius 2 is 1.88 bits per heavy atom. The average Bonchev–Trinajstić information content (AvgIpc) is 2.57. The number of carbonyl (C=O) groups is 1. The lowest BCUT2D eigenvalue weighted by Gasteiger charge is -2.11. The van der Waals surface area contributed by atoms with Crippen LogP contribution in [0.4, 0.5) is 5.69 Å². The van der Waals surface area contributed by atoms with Crippen LogP contribution in [-0.4, -0.2) is 26.4 Å². The van der Waals surface area contributed by atoms with E-state index in [9.17, 15) is 13.2 Å². The van der Waals surface area contributed by atoms with Crippen molar-refractivity contribution >= 4 is 27.3 Å². The molecule has 0 bridgehead atoms. The van der Waals surface area contributed by atoms with Crippen LogP contribution < -0.4 is 10.7 Å². The molecule has 1 aromatic rings. The molecule has 0 fully saturated rings. The minimum absolute atomic E-state index is 0.0911. The van der Waals surface area contributed by atoms with Crippen molar-refractivity contribution < 1.29 is 13.2 Å². The van der Waals surface area contributed by atoms with Crippen LogP contribution >= 0.6 is 0 Å². The number of hydrazone groups is 1. The summed E-state index contributed by atoms with van der Waals surface area (Å²) in [6.07, 6.45) is 1.22. The zero-order valence-corrected chi connectivity index (χ0v) is 9.94. The molecule has 7 heteroatoms. The van der Waals surface area contributed by atoms with Gasteiger partial charge in [-0.1, -0.05) is 0 Å². The second-order valence-electron chi connectivity index (χ2n) is 3.74. The summed E-state index contributed by atoms with van der Waals surface area (Å²) in [5.74, 6) is 0.0248. The Labute approximate surface area is 98.6 Å². The molecule has 2 rings (SSSR count). The number of amides is 1. The molecule has 1 amide bonds. The third kappa shape index (κ3) is 2.28. The highest BCUT2D eigenvalue weighted by molar-refractivity contribution is 7.90. The van der Waals surface area contributed by atoms with E-state index in [0.717, 1.165) is 6.26 Å². The van der Waals surface area contributed by atoms with Gasteiger partial charge in [-0.3, -0.25) is 4.79 Å². The molecule has 6 nitrogen and oxygen atoms in total. The summed E-state index contributed by atoms with van der Waals surface area (Å²) in [4.78, 5) is 11.7. The molecule has 2 N–H and O–H groups in total. The Balaban J connectivity index is 2.34. The Hall–Kier alpha value is -1.89. The molecule has 0 radical (unpaired) electrons. The van der Waals surface area contributed by atoms with Gasteiger partial charge in [-0.05, 0) is 24.3 Å². The van der Waals surface area contributed by atoms with Gasteiger partial charge in [-0.25, -0.2) is 8.42 Å². The van der Waals surface area contributed by atoms with E-state index in [1.165, 1.54) is 29.3 Å². The quantitative estimate of drug-likeness (QED) is 0.808. The van der Waals surface area contributed by atoms with E-state index in [2.05, 4.69) is 5.10 Å². The first-order chi connectivity index (χ1) is 7.88. The fourth-order valence-corrected chi connectivity index (χ4v) is 2.12. The molecule has 1 aliphatic rings. The minimum atomic E-state index is -3.23. The summed E-state index contributed by atoms with van der Waals surface area (Å²) in [5.41, 5.74) is 5.95. The Morgan fingerprint density at radius 3 is 2.29 bits per heavy atom. The van der Waals surface area contributed by atoms with Gasteiger partial charge in [0.05, 0.1) is 17.0 Å². The van der Waals surface area contributed by atoms with Gasteiger partial charge in [0.15, 0.2) is 9.84 Å². The fraction of sp³-hybridized carbons (Fsp3) is 0.200. The lowest BCUT2D eigenvalue weighted by molar-refractivity contribution is -0.116. The SMILES string of the molecule is CS(=O)(=O)c1ccc(N2N=C(N)CC2=O)cc1. The molecule has 1 aliphatic heterocycles. The number of nitrogens with zero attached hydrogens (tertiary/aromatic N) is 2. The highest BCUT2D eigenvalue weighted by atomic mass is 32.2. The third-order valence-corrected chi connectivity index (χ3v) is 3.43. The number of sulfone groups is 1. The molecule has 17 heavy (non-hydrogen) atoms. The van der Waals surface area contributed by atoms with Crippen molar-refractivity contribution in [3.8, 4) is 0 Å². The van der Waals surface area contributed by atoms with Crippen LogP contribution in [0.3, 0.4) is 0 Å². The first-order valence-electron chi connectivity index (χ1n) is 4.84. The van der Waals surface area contributed by atoms with Gasteiger partial charge in [0, 0.05) is 6.26 Å². The zero-order chi connectivity index (χ0) is 12.6. The maximum Gasteiger partial charge on any atom is 0.255 e. The summed E-state index contributed by atoms with van der Waals surface area (Å²) in [7, 11) is -3.23. The van der Waals surface area contributed by atoms with Gasteiger partial charge in [-0.15, -0.1) is 0 Å². The van der Waals surface area contributed by atoms with Crippen molar-refractivity contribution in [1.29, 1.82) is 0 Å².